The standard InChI is InChI=1S/C13H17Cl2NO/c1-13(2,10-15)16(9-8-14)12(17)11-6-4-3-5-7-11/h3-7H,8-10H2,1-2H3. The average molecular weight is 274 g/mol. The van der Waals surface area contributed by atoms with Gasteiger partial charge in [0.2, 0.25) is 0 Å². The van der Waals surface area contributed by atoms with E-state index in [4.69, 9.17) is 23.2 Å². The van der Waals surface area contributed by atoms with Gasteiger partial charge in [-0.15, -0.1) is 23.2 Å². The lowest BCUT2D eigenvalue weighted by Crippen LogP contribution is -2.50. The van der Waals surface area contributed by atoms with E-state index in [1.165, 1.54) is 0 Å². The maximum absolute atomic E-state index is 12.3. The Bertz CT molecular complexity index is 365. The molecule has 0 spiro atoms. The van der Waals surface area contributed by atoms with Crippen molar-refractivity contribution < 1.29 is 4.79 Å². The number of carbonyl (C=O) groups excluding carboxylic acids is 1. The normalized spacial score (nSPS) is 11.3. The monoisotopic (exact) mass is 273 g/mol. The predicted molar refractivity (Wildman–Crippen MR) is 73.0 cm³/mol. The third-order valence-corrected chi connectivity index (χ3v) is 3.45. The van der Waals surface area contributed by atoms with Crippen molar-refractivity contribution in [2.24, 2.45) is 0 Å². The maximum atomic E-state index is 12.3. The van der Waals surface area contributed by atoms with Gasteiger partial charge in [0.25, 0.3) is 5.91 Å². The van der Waals surface area contributed by atoms with Crippen LogP contribution in [0.3, 0.4) is 0 Å². The summed E-state index contributed by atoms with van der Waals surface area (Å²) in [6.45, 7) is 4.37. The van der Waals surface area contributed by atoms with Crippen LogP contribution in [0.5, 0.6) is 0 Å². The van der Waals surface area contributed by atoms with Gasteiger partial charge >= 0.3 is 0 Å². The molecule has 0 fully saturated rings. The molecule has 0 saturated heterocycles. The second kappa shape index (κ2) is 6.27. The van der Waals surface area contributed by atoms with E-state index in [0.717, 1.165) is 0 Å². The Balaban J connectivity index is 2.96. The Hall–Kier alpha value is -0.730. The highest BCUT2D eigenvalue weighted by Crippen LogP contribution is 2.19. The first-order chi connectivity index (χ1) is 8.03. The largest absolute Gasteiger partial charge is 0.331 e. The molecular formula is C13H17Cl2NO. The van der Waals surface area contributed by atoms with Crippen molar-refractivity contribution >= 4 is 29.1 Å². The highest BCUT2D eigenvalue weighted by Gasteiger charge is 2.30. The number of alkyl halides is 2. The number of rotatable bonds is 5. The van der Waals surface area contributed by atoms with Crippen molar-refractivity contribution in [1.29, 1.82) is 0 Å². The van der Waals surface area contributed by atoms with Crippen LogP contribution < -0.4 is 0 Å². The average Bonchev–Trinajstić information content (AvgIpc) is 2.36. The maximum Gasteiger partial charge on any atom is 0.254 e. The fourth-order valence-electron chi connectivity index (χ4n) is 1.57. The third kappa shape index (κ3) is 3.62. The Morgan fingerprint density at radius 2 is 1.82 bits per heavy atom. The number of nitrogens with zero attached hydrogens (tertiary/aromatic N) is 1. The van der Waals surface area contributed by atoms with E-state index in [2.05, 4.69) is 0 Å². The first-order valence-electron chi connectivity index (χ1n) is 5.52. The minimum Gasteiger partial charge on any atom is -0.331 e. The van der Waals surface area contributed by atoms with Crippen LogP contribution in [0.15, 0.2) is 30.3 Å². The number of hydrogen-bond acceptors (Lipinski definition) is 1. The van der Waals surface area contributed by atoms with E-state index in [9.17, 15) is 4.79 Å². The molecule has 0 aliphatic heterocycles. The smallest absolute Gasteiger partial charge is 0.254 e. The van der Waals surface area contributed by atoms with Gasteiger partial charge in [0.15, 0.2) is 0 Å². The molecule has 0 aromatic heterocycles. The second-order valence-electron chi connectivity index (χ2n) is 4.46. The zero-order chi connectivity index (χ0) is 12.9. The van der Waals surface area contributed by atoms with Gasteiger partial charge in [-0.25, -0.2) is 0 Å². The molecule has 0 aliphatic carbocycles. The molecule has 4 heteroatoms. The van der Waals surface area contributed by atoms with Crippen LogP contribution in [-0.4, -0.2) is 34.7 Å². The molecule has 0 saturated carbocycles. The highest BCUT2D eigenvalue weighted by atomic mass is 35.5. The highest BCUT2D eigenvalue weighted by molar-refractivity contribution is 6.19. The summed E-state index contributed by atoms with van der Waals surface area (Å²) in [6.07, 6.45) is 0. The molecule has 0 aliphatic rings. The molecule has 0 bridgehead atoms. The lowest BCUT2D eigenvalue weighted by atomic mass is 10.0. The van der Waals surface area contributed by atoms with Crippen molar-refractivity contribution in [3.63, 3.8) is 0 Å². The van der Waals surface area contributed by atoms with Gasteiger partial charge in [-0.3, -0.25) is 4.79 Å². The zero-order valence-electron chi connectivity index (χ0n) is 10.1. The summed E-state index contributed by atoms with van der Waals surface area (Å²) in [6, 6.07) is 9.18. The molecule has 0 unspecified atom stereocenters. The van der Waals surface area contributed by atoms with E-state index in [1.54, 1.807) is 17.0 Å². The molecule has 0 heterocycles. The third-order valence-electron chi connectivity index (χ3n) is 2.63. The van der Waals surface area contributed by atoms with E-state index < -0.39 is 5.54 Å². The topological polar surface area (TPSA) is 20.3 Å². The number of halogens is 2. The SMILES string of the molecule is CC(C)(CCl)N(CCCl)C(=O)c1ccccc1. The Morgan fingerprint density at radius 3 is 2.29 bits per heavy atom. The van der Waals surface area contributed by atoms with Gasteiger partial charge in [0.1, 0.15) is 0 Å². The molecule has 94 valence electrons. The van der Waals surface area contributed by atoms with Gasteiger partial charge in [-0.1, -0.05) is 18.2 Å². The first kappa shape index (κ1) is 14.3. The van der Waals surface area contributed by atoms with Crippen LogP contribution in [0.25, 0.3) is 0 Å². The molecule has 0 N–H and O–H groups in total. The van der Waals surface area contributed by atoms with E-state index >= 15 is 0 Å². The Labute approximate surface area is 113 Å². The van der Waals surface area contributed by atoms with Crippen LogP contribution in [-0.2, 0) is 0 Å². The predicted octanol–water partition coefficient (Wildman–Crippen LogP) is 3.39. The van der Waals surface area contributed by atoms with E-state index in [0.29, 0.717) is 23.9 Å². The number of amides is 1. The minimum absolute atomic E-state index is 0.0306. The molecule has 1 aromatic carbocycles. The number of hydrogen-bond donors (Lipinski definition) is 0. The summed E-state index contributed by atoms with van der Waals surface area (Å²) in [5.41, 5.74) is 0.263. The quantitative estimate of drug-likeness (QED) is 0.754. The molecule has 0 radical (unpaired) electrons. The van der Waals surface area contributed by atoms with Crippen LogP contribution in [0.1, 0.15) is 24.2 Å². The molecule has 1 rings (SSSR count). The van der Waals surface area contributed by atoms with Gasteiger partial charge in [-0.05, 0) is 26.0 Å². The summed E-state index contributed by atoms with van der Waals surface area (Å²) < 4.78 is 0. The lowest BCUT2D eigenvalue weighted by Gasteiger charge is -2.37. The lowest BCUT2D eigenvalue weighted by molar-refractivity contribution is 0.0606. The molecule has 17 heavy (non-hydrogen) atoms. The van der Waals surface area contributed by atoms with Gasteiger partial charge in [0, 0.05) is 23.9 Å². The van der Waals surface area contributed by atoms with Crippen molar-refractivity contribution in [2.45, 2.75) is 19.4 Å². The molecule has 0 atom stereocenters. The summed E-state index contributed by atoms with van der Waals surface area (Å²) >= 11 is 11.7. The van der Waals surface area contributed by atoms with Crippen LogP contribution in [0.4, 0.5) is 0 Å². The summed E-state index contributed by atoms with van der Waals surface area (Å²) in [4.78, 5) is 14.1. The van der Waals surface area contributed by atoms with Crippen LogP contribution >= 0.6 is 23.2 Å². The number of benzene rings is 1. The number of carbonyl (C=O) groups is 1. The van der Waals surface area contributed by atoms with Gasteiger partial charge < -0.3 is 4.90 Å². The summed E-state index contributed by atoms with van der Waals surface area (Å²) in [5.74, 6) is 0.748. The fourth-order valence-corrected chi connectivity index (χ4v) is 1.89. The summed E-state index contributed by atoms with van der Waals surface area (Å²) in [5, 5.41) is 0. The van der Waals surface area contributed by atoms with Gasteiger partial charge in [-0.2, -0.15) is 0 Å². The van der Waals surface area contributed by atoms with Crippen molar-refractivity contribution in [3.8, 4) is 0 Å². The van der Waals surface area contributed by atoms with Crippen molar-refractivity contribution in [1.82, 2.24) is 4.90 Å². The van der Waals surface area contributed by atoms with Gasteiger partial charge in [0.05, 0.1) is 5.54 Å². The molecular weight excluding hydrogens is 257 g/mol. The van der Waals surface area contributed by atoms with E-state index in [-0.39, 0.29) is 5.91 Å². The summed E-state index contributed by atoms with van der Waals surface area (Å²) in [7, 11) is 0. The van der Waals surface area contributed by atoms with Crippen LogP contribution in [0.2, 0.25) is 0 Å². The van der Waals surface area contributed by atoms with E-state index in [1.807, 2.05) is 32.0 Å². The molecule has 1 aromatic rings. The molecule has 2 nitrogen and oxygen atoms in total. The van der Waals surface area contributed by atoms with Crippen LogP contribution in [0, 0.1) is 0 Å². The Kier molecular flexibility index (Phi) is 5.29. The fraction of sp³-hybridized carbons (Fsp3) is 0.462. The second-order valence-corrected chi connectivity index (χ2v) is 5.10. The molecule has 1 amide bonds. The van der Waals surface area contributed by atoms with Crippen molar-refractivity contribution in [3.05, 3.63) is 35.9 Å². The minimum atomic E-state index is -0.399. The Morgan fingerprint density at radius 1 is 1.24 bits per heavy atom. The first-order valence-corrected chi connectivity index (χ1v) is 6.59. The van der Waals surface area contributed by atoms with Crippen molar-refractivity contribution in [2.75, 3.05) is 18.3 Å². The zero-order valence-corrected chi connectivity index (χ0v) is 11.6.